The summed E-state index contributed by atoms with van der Waals surface area (Å²) in [5.41, 5.74) is 0.479. The van der Waals surface area contributed by atoms with Gasteiger partial charge in [0.15, 0.2) is 0 Å². The van der Waals surface area contributed by atoms with E-state index >= 15 is 0 Å². The van der Waals surface area contributed by atoms with Gasteiger partial charge in [-0.2, -0.15) is 0 Å². The molecule has 68 valence electrons. The minimum absolute atomic E-state index is 0.276. The zero-order chi connectivity index (χ0) is 9.12. The number of hydrogen-bond acceptors (Lipinski definition) is 0. The highest BCUT2D eigenvalue weighted by atomic mass is 79.9. The second kappa shape index (κ2) is 3.93. The minimum atomic E-state index is 0.276. The molecular weight excluding hydrogens is 200 g/mol. The SMILES string of the molecule is CCC(CC)(CC)C(C)(C)Br. The quantitative estimate of drug-likeness (QED) is 0.618. The van der Waals surface area contributed by atoms with Gasteiger partial charge in [-0.3, -0.25) is 0 Å². The molecule has 0 aromatic rings. The molecule has 1 heteroatoms. The van der Waals surface area contributed by atoms with Crippen LogP contribution in [0.15, 0.2) is 0 Å². The maximum Gasteiger partial charge on any atom is 0.0257 e. The Morgan fingerprint density at radius 1 is 0.909 bits per heavy atom. The van der Waals surface area contributed by atoms with Crippen LogP contribution >= 0.6 is 15.9 Å². The standard InChI is InChI=1S/C10H21Br/c1-6-10(7-2,8-3)9(4,5)11/h6-8H2,1-5H3. The Kier molecular flexibility index (Phi) is 4.10. The lowest BCUT2D eigenvalue weighted by atomic mass is 9.71. The fourth-order valence-corrected chi connectivity index (χ4v) is 2.85. The third kappa shape index (κ3) is 2.21. The topological polar surface area (TPSA) is 0 Å². The average Bonchev–Trinajstić information content (AvgIpc) is 1.90. The van der Waals surface area contributed by atoms with E-state index in [1.165, 1.54) is 19.3 Å². The van der Waals surface area contributed by atoms with Crippen molar-refractivity contribution in [2.24, 2.45) is 5.41 Å². The molecule has 0 aliphatic heterocycles. The first kappa shape index (κ1) is 11.5. The van der Waals surface area contributed by atoms with Gasteiger partial charge in [0.25, 0.3) is 0 Å². The van der Waals surface area contributed by atoms with Crippen molar-refractivity contribution in [2.75, 3.05) is 0 Å². The molecule has 0 aromatic carbocycles. The van der Waals surface area contributed by atoms with E-state index in [0.717, 1.165) is 0 Å². The maximum atomic E-state index is 3.78. The number of halogens is 1. The van der Waals surface area contributed by atoms with E-state index in [-0.39, 0.29) is 4.32 Å². The Hall–Kier alpha value is 0.480. The molecule has 0 rings (SSSR count). The molecule has 0 amide bonds. The van der Waals surface area contributed by atoms with Gasteiger partial charge in [-0.15, -0.1) is 0 Å². The first-order valence-corrected chi connectivity index (χ1v) is 5.41. The minimum Gasteiger partial charge on any atom is -0.0853 e. The summed E-state index contributed by atoms with van der Waals surface area (Å²) in [6, 6.07) is 0. The predicted molar refractivity (Wildman–Crippen MR) is 56.3 cm³/mol. The molecule has 0 atom stereocenters. The second-order valence-electron chi connectivity index (χ2n) is 3.81. The van der Waals surface area contributed by atoms with Gasteiger partial charge < -0.3 is 0 Å². The molecule has 0 saturated carbocycles. The van der Waals surface area contributed by atoms with E-state index < -0.39 is 0 Å². The molecule has 0 bridgehead atoms. The summed E-state index contributed by atoms with van der Waals surface area (Å²) in [6.07, 6.45) is 3.79. The van der Waals surface area contributed by atoms with Crippen LogP contribution in [0.25, 0.3) is 0 Å². The van der Waals surface area contributed by atoms with Gasteiger partial charge in [-0.25, -0.2) is 0 Å². The summed E-state index contributed by atoms with van der Waals surface area (Å²) in [5.74, 6) is 0. The Labute approximate surface area is 79.9 Å². The monoisotopic (exact) mass is 220 g/mol. The van der Waals surface area contributed by atoms with Crippen molar-refractivity contribution in [3.8, 4) is 0 Å². The summed E-state index contributed by atoms with van der Waals surface area (Å²) in [5, 5.41) is 0. The van der Waals surface area contributed by atoms with E-state index in [0.29, 0.717) is 5.41 Å². The first-order valence-electron chi connectivity index (χ1n) is 4.62. The normalized spacial score (nSPS) is 13.6. The summed E-state index contributed by atoms with van der Waals surface area (Å²) in [4.78, 5) is 0. The molecule has 0 saturated heterocycles. The molecule has 0 heterocycles. The molecule has 11 heavy (non-hydrogen) atoms. The predicted octanol–water partition coefficient (Wildman–Crippen LogP) is 4.38. The van der Waals surface area contributed by atoms with Crippen molar-refractivity contribution in [1.29, 1.82) is 0 Å². The fourth-order valence-electron chi connectivity index (χ4n) is 2.01. The zero-order valence-electron chi connectivity index (χ0n) is 8.50. The van der Waals surface area contributed by atoms with Crippen LogP contribution in [0.1, 0.15) is 53.9 Å². The van der Waals surface area contributed by atoms with Gasteiger partial charge in [-0.05, 0) is 38.5 Å². The summed E-state index contributed by atoms with van der Waals surface area (Å²) >= 11 is 3.78. The van der Waals surface area contributed by atoms with Crippen LogP contribution in [0.4, 0.5) is 0 Å². The lowest BCUT2D eigenvalue weighted by Gasteiger charge is -2.42. The second-order valence-corrected chi connectivity index (χ2v) is 5.80. The smallest absolute Gasteiger partial charge is 0.0257 e. The average molecular weight is 221 g/mol. The summed E-state index contributed by atoms with van der Waals surface area (Å²) in [7, 11) is 0. The molecule has 0 radical (unpaired) electrons. The van der Waals surface area contributed by atoms with Crippen molar-refractivity contribution in [3.05, 3.63) is 0 Å². The van der Waals surface area contributed by atoms with Crippen LogP contribution in [0.5, 0.6) is 0 Å². The van der Waals surface area contributed by atoms with Gasteiger partial charge in [0, 0.05) is 4.32 Å². The number of hydrogen-bond donors (Lipinski definition) is 0. The zero-order valence-corrected chi connectivity index (χ0v) is 10.1. The molecule has 0 N–H and O–H groups in total. The Morgan fingerprint density at radius 2 is 1.18 bits per heavy atom. The van der Waals surface area contributed by atoms with Crippen LogP contribution in [0.3, 0.4) is 0 Å². The van der Waals surface area contributed by atoms with Gasteiger partial charge in [0.05, 0.1) is 0 Å². The third-order valence-electron chi connectivity index (χ3n) is 3.29. The van der Waals surface area contributed by atoms with E-state index in [9.17, 15) is 0 Å². The number of alkyl halides is 1. The summed E-state index contributed by atoms with van der Waals surface area (Å²) < 4.78 is 0.276. The van der Waals surface area contributed by atoms with Gasteiger partial charge in [-0.1, -0.05) is 36.7 Å². The first-order chi connectivity index (χ1) is 4.93. The van der Waals surface area contributed by atoms with Crippen LogP contribution in [0, 0.1) is 5.41 Å². The van der Waals surface area contributed by atoms with Crippen LogP contribution < -0.4 is 0 Å². The maximum absolute atomic E-state index is 3.78. The van der Waals surface area contributed by atoms with Gasteiger partial charge in [0.2, 0.25) is 0 Å². The van der Waals surface area contributed by atoms with Crippen LogP contribution in [-0.2, 0) is 0 Å². The highest BCUT2D eigenvalue weighted by Crippen LogP contribution is 2.46. The highest BCUT2D eigenvalue weighted by molar-refractivity contribution is 9.10. The molecule has 0 aliphatic carbocycles. The Morgan fingerprint density at radius 3 is 1.18 bits per heavy atom. The van der Waals surface area contributed by atoms with Gasteiger partial charge >= 0.3 is 0 Å². The molecule has 0 unspecified atom stereocenters. The van der Waals surface area contributed by atoms with Crippen LogP contribution in [-0.4, -0.2) is 4.32 Å². The molecule has 0 fully saturated rings. The van der Waals surface area contributed by atoms with E-state index in [2.05, 4.69) is 50.5 Å². The van der Waals surface area contributed by atoms with Crippen LogP contribution in [0.2, 0.25) is 0 Å². The Bertz CT molecular complexity index is 98.3. The van der Waals surface area contributed by atoms with E-state index in [1.54, 1.807) is 0 Å². The van der Waals surface area contributed by atoms with Crippen molar-refractivity contribution < 1.29 is 0 Å². The molecular formula is C10H21Br. The fraction of sp³-hybridized carbons (Fsp3) is 1.00. The summed E-state index contributed by atoms with van der Waals surface area (Å²) in [6.45, 7) is 11.4. The van der Waals surface area contributed by atoms with Crippen molar-refractivity contribution in [2.45, 2.75) is 58.2 Å². The van der Waals surface area contributed by atoms with Crippen molar-refractivity contribution in [1.82, 2.24) is 0 Å². The van der Waals surface area contributed by atoms with E-state index in [4.69, 9.17) is 0 Å². The van der Waals surface area contributed by atoms with Crippen molar-refractivity contribution >= 4 is 15.9 Å². The lowest BCUT2D eigenvalue weighted by Crippen LogP contribution is -2.37. The van der Waals surface area contributed by atoms with Gasteiger partial charge in [0.1, 0.15) is 0 Å². The lowest BCUT2D eigenvalue weighted by molar-refractivity contribution is 0.194. The molecule has 0 spiro atoms. The third-order valence-corrected chi connectivity index (χ3v) is 4.13. The van der Waals surface area contributed by atoms with E-state index in [1.807, 2.05) is 0 Å². The number of rotatable bonds is 4. The highest BCUT2D eigenvalue weighted by Gasteiger charge is 2.38. The Balaban J connectivity index is 4.54. The largest absolute Gasteiger partial charge is 0.0853 e. The molecule has 0 nitrogen and oxygen atoms in total. The molecule has 0 aliphatic rings. The van der Waals surface area contributed by atoms with Crippen molar-refractivity contribution in [3.63, 3.8) is 0 Å². The molecule has 0 aromatic heterocycles.